The van der Waals surface area contributed by atoms with E-state index in [9.17, 15) is 4.79 Å². The molecule has 0 spiro atoms. The molecular weight excluding hydrogens is 232 g/mol. The summed E-state index contributed by atoms with van der Waals surface area (Å²) < 4.78 is 4.86. The molecule has 1 amide bonds. The largest absolute Gasteiger partial charge is 0.366 e. The third-order valence-corrected chi connectivity index (χ3v) is 2.42. The fourth-order valence-corrected chi connectivity index (χ4v) is 1.52. The first-order chi connectivity index (χ1) is 8.65. The van der Waals surface area contributed by atoms with Crippen molar-refractivity contribution < 1.29 is 9.32 Å². The summed E-state index contributed by atoms with van der Waals surface area (Å²) in [5.41, 5.74) is 6.72. The summed E-state index contributed by atoms with van der Waals surface area (Å²) in [6, 6.07) is 7.12. The third-order valence-electron chi connectivity index (χ3n) is 2.42. The molecule has 0 radical (unpaired) electrons. The highest BCUT2D eigenvalue weighted by atomic mass is 16.5. The molecule has 1 heterocycles. The summed E-state index contributed by atoms with van der Waals surface area (Å²) in [5.74, 6) is 0.760. The number of amides is 1. The van der Waals surface area contributed by atoms with Gasteiger partial charge >= 0.3 is 0 Å². The number of benzene rings is 1. The molecular formula is C12H14N4O2. The van der Waals surface area contributed by atoms with Crippen molar-refractivity contribution in [1.29, 1.82) is 0 Å². The highest BCUT2D eigenvalue weighted by Gasteiger charge is 2.02. The van der Waals surface area contributed by atoms with E-state index in [1.165, 1.54) is 0 Å². The first kappa shape index (κ1) is 12.3. The van der Waals surface area contributed by atoms with Crippen LogP contribution in [-0.2, 0) is 13.1 Å². The van der Waals surface area contributed by atoms with Gasteiger partial charge in [0, 0.05) is 19.0 Å². The Balaban J connectivity index is 1.85. The summed E-state index contributed by atoms with van der Waals surface area (Å²) in [6.45, 7) is 2.95. The maximum atomic E-state index is 10.9. The van der Waals surface area contributed by atoms with Crippen molar-refractivity contribution in [2.75, 3.05) is 0 Å². The quantitative estimate of drug-likeness (QED) is 0.812. The van der Waals surface area contributed by atoms with Crippen LogP contribution in [0.4, 0.5) is 0 Å². The lowest BCUT2D eigenvalue weighted by Gasteiger charge is -2.03. The average Bonchev–Trinajstić information content (AvgIpc) is 2.76. The zero-order valence-electron chi connectivity index (χ0n) is 10.0. The number of rotatable bonds is 5. The fourth-order valence-electron chi connectivity index (χ4n) is 1.52. The van der Waals surface area contributed by atoms with Crippen molar-refractivity contribution in [2.24, 2.45) is 5.73 Å². The van der Waals surface area contributed by atoms with E-state index in [4.69, 9.17) is 10.3 Å². The van der Waals surface area contributed by atoms with Gasteiger partial charge in [-0.05, 0) is 17.7 Å². The summed E-state index contributed by atoms with van der Waals surface area (Å²) >= 11 is 0. The fraction of sp³-hybridized carbons (Fsp3) is 0.250. The molecule has 0 unspecified atom stereocenters. The van der Waals surface area contributed by atoms with Crippen LogP contribution in [0.1, 0.15) is 27.6 Å². The predicted octanol–water partition coefficient (Wildman–Crippen LogP) is 0.767. The summed E-state index contributed by atoms with van der Waals surface area (Å²) in [6.07, 6.45) is 0. The minimum atomic E-state index is -0.420. The van der Waals surface area contributed by atoms with Crippen molar-refractivity contribution >= 4 is 5.91 Å². The summed E-state index contributed by atoms with van der Waals surface area (Å²) in [7, 11) is 0. The van der Waals surface area contributed by atoms with Crippen LogP contribution in [0.2, 0.25) is 0 Å². The predicted molar refractivity (Wildman–Crippen MR) is 64.5 cm³/mol. The summed E-state index contributed by atoms with van der Waals surface area (Å²) in [4.78, 5) is 15.0. The Labute approximate surface area is 104 Å². The van der Waals surface area contributed by atoms with Crippen molar-refractivity contribution in [3.63, 3.8) is 0 Å². The number of primary amides is 1. The standard InChI is InChI=1S/C12H14N4O2/c1-8-15-11(16-18-8)7-14-6-9-2-4-10(5-3-9)12(13)17/h2-5,14H,6-7H2,1H3,(H2,13,17). The lowest BCUT2D eigenvalue weighted by atomic mass is 10.1. The van der Waals surface area contributed by atoms with E-state index in [1.54, 1.807) is 19.1 Å². The number of nitrogens with two attached hydrogens (primary N) is 1. The highest BCUT2D eigenvalue weighted by molar-refractivity contribution is 5.92. The minimum absolute atomic E-state index is 0.420. The molecule has 2 aromatic rings. The molecule has 94 valence electrons. The van der Waals surface area contributed by atoms with E-state index in [-0.39, 0.29) is 0 Å². The van der Waals surface area contributed by atoms with Gasteiger partial charge in [0.15, 0.2) is 5.82 Å². The van der Waals surface area contributed by atoms with Gasteiger partial charge in [0.05, 0.1) is 6.54 Å². The van der Waals surface area contributed by atoms with Crippen LogP contribution in [0.3, 0.4) is 0 Å². The van der Waals surface area contributed by atoms with Crippen molar-refractivity contribution in [2.45, 2.75) is 20.0 Å². The molecule has 0 aliphatic rings. The Morgan fingerprint density at radius 2 is 2.06 bits per heavy atom. The van der Waals surface area contributed by atoms with E-state index in [1.807, 2.05) is 12.1 Å². The SMILES string of the molecule is Cc1nc(CNCc2ccc(C(N)=O)cc2)no1. The summed E-state index contributed by atoms with van der Waals surface area (Å²) in [5, 5.41) is 6.95. The van der Waals surface area contributed by atoms with Crippen LogP contribution in [0.25, 0.3) is 0 Å². The average molecular weight is 246 g/mol. The van der Waals surface area contributed by atoms with Crippen LogP contribution in [0.5, 0.6) is 0 Å². The van der Waals surface area contributed by atoms with Crippen molar-refractivity contribution in [3.8, 4) is 0 Å². The topological polar surface area (TPSA) is 94.0 Å². The Morgan fingerprint density at radius 1 is 1.33 bits per heavy atom. The van der Waals surface area contributed by atoms with Gasteiger partial charge in [0.25, 0.3) is 0 Å². The first-order valence-corrected chi connectivity index (χ1v) is 5.54. The molecule has 0 saturated carbocycles. The van der Waals surface area contributed by atoms with Gasteiger partial charge in [-0.1, -0.05) is 17.3 Å². The number of carbonyl (C=O) groups is 1. The van der Waals surface area contributed by atoms with Gasteiger partial charge < -0.3 is 15.6 Å². The van der Waals surface area contributed by atoms with Gasteiger partial charge in [-0.15, -0.1) is 0 Å². The molecule has 2 rings (SSSR count). The molecule has 0 fully saturated rings. The zero-order chi connectivity index (χ0) is 13.0. The normalized spacial score (nSPS) is 10.5. The molecule has 0 bridgehead atoms. The van der Waals surface area contributed by atoms with E-state index in [0.29, 0.717) is 30.4 Å². The molecule has 1 aromatic carbocycles. The third kappa shape index (κ3) is 3.14. The highest BCUT2D eigenvalue weighted by Crippen LogP contribution is 2.04. The second-order valence-electron chi connectivity index (χ2n) is 3.89. The van der Waals surface area contributed by atoms with Crippen LogP contribution in [-0.4, -0.2) is 16.0 Å². The van der Waals surface area contributed by atoms with Crippen LogP contribution < -0.4 is 11.1 Å². The number of carbonyl (C=O) groups excluding carboxylic acids is 1. The van der Waals surface area contributed by atoms with Crippen LogP contribution >= 0.6 is 0 Å². The Bertz CT molecular complexity index is 533. The molecule has 3 N–H and O–H groups in total. The molecule has 6 nitrogen and oxygen atoms in total. The number of nitrogens with zero attached hydrogens (tertiary/aromatic N) is 2. The van der Waals surface area contributed by atoms with Gasteiger partial charge in [0.1, 0.15) is 0 Å². The number of nitrogens with one attached hydrogen (secondary N) is 1. The maximum Gasteiger partial charge on any atom is 0.248 e. The van der Waals surface area contributed by atoms with Gasteiger partial charge in [-0.25, -0.2) is 0 Å². The second kappa shape index (κ2) is 5.42. The molecule has 18 heavy (non-hydrogen) atoms. The zero-order valence-corrected chi connectivity index (χ0v) is 10.0. The molecule has 0 saturated heterocycles. The smallest absolute Gasteiger partial charge is 0.248 e. The first-order valence-electron chi connectivity index (χ1n) is 5.54. The lowest BCUT2D eigenvalue weighted by molar-refractivity contribution is 0.100. The second-order valence-corrected chi connectivity index (χ2v) is 3.89. The van der Waals surface area contributed by atoms with Crippen molar-refractivity contribution in [1.82, 2.24) is 15.5 Å². The number of aromatic nitrogens is 2. The Kier molecular flexibility index (Phi) is 3.69. The molecule has 6 heteroatoms. The molecule has 1 aromatic heterocycles. The van der Waals surface area contributed by atoms with Gasteiger partial charge in [-0.2, -0.15) is 4.98 Å². The van der Waals surface area contributed by atoms with Crippen molar-refractivity contribution in [3.05, 3.63) is 47.1 Å². The van der Waals surface area contributed by atoms with Gasteiger partial charge in [-0.3, -0.25) is 4.79 Å². The number of hydrogen-bond acceptors (Lipinski definition) is 5. The molecule has 0 atom stereocenters. The van der Waals surface area contributed by atoms with E-state index in [0.717, 1.165) is 5.56 Å². The van der Waals surface area contributed by atoms with E-state index in [2.05, 4.69) is 15.5 Å². The van der Waals surface area contributed by atoms with E-state index >= 15 is 0 Å². The van der Waals surface area contributed by atoms with E-state index < -0.39 is 5.91 Å². The van der Waals surface area contributed by atoms with Crippen LogP contribution in [0.15, 0.2) is 28.8 Å². The Morgan fingerprint density at radius 3 is 2.61 bits per heavy atom. The lowest BCUT2D eigenvalue weighted by Crippen LogP contribution is -2.14. The molecule has 0 aliphatic heterocycles. The maximum absolute atomic E-state index is 10.9. The van der Waals surface area contributed by atoms with Gasteiger partial charge in [0.2, 0.25) is 11.8 Å². The monoisotopic (exact) mass is 246 g/mol. The molecule has 0 aliphatic carbocycles. The van der Waals surface area contributed by atoms with Crippen LogP contribution in [0, 0.1) is 6.92 Å². The number of hydrogen-bond donors (Lipinski definition) is 2. The Hall–Kier alpha value is -2.21. The number of aryl methyl sites for hydroxylation is 1. The minimum Gasteiger partial charge on any atom is -0.366 e.